The van der Waals surface area contributed by atoms with Gasteiger partial charge in [-0.25, -0.2) is 0 Å². The molecule has 3 aromatic rings. The highest BCUT2D eigenvalue weighted by molar-refractivity contribution is 6.72. The average molecular weight is 533 g/mol. The highest BCUT2D eigenvalue weighted by Crippen LogP contribution is 2.60. The van der Waals surface area contributed by atoms with Crippen molar-refractivity contribution < 1.29 is 23.5 Å². The molecule has 5 rings (SSSR count). The van der Waals surface area contributed by atoms with Crippen LogP contribution in [0.4, 0.5) is 15.5 Å². The molecule has 2 aliphatic heterocycles. The Kier molecular flexibility index (Phi) is 6.98. The lowest BCUT2D eigenvalue weighted by atomic mass is 9.82. The van der Waals surface area contributed by atoms with Gasteiger partial charge in [-0.2, -0.15) is 0 Å². The molecule has 8 heteroatoms. The number of hydrogen-bond acceptors (Lipinski definition) is 4. The number of aliphatic hydroxyl groups excluding tert-OH is 1. The lowest BCUT2D eigenvalue weighted by Crippen LogP contribution is -2.45. The van der Waals surface area contributed by atoms with Crippen molar-refractivity contribution in [1.82, 2.24) is 0 Å². The van der Waals surface area contributed by atoms with Gasteiger partial charge >= 0.3 is 0 Å². The smallest absolute Gasteiger partial charge is 0.264 e. The molecule has 0 saturated carbocycles. The molecule has 0 aliphatic carbocycles. The number of carbonyl (C=O) groups excluding carboxylic acids is 2. The Morgan fingerprint density at radius 3 is 2.37 bits per heavy atom. The number of nitrogens with zero attached hydrogens (tertiary/aromatic N) is 1. The Hall–Kier alpha value is -3.33. The van der Waals surface area contributed by atoms with Crippen molar-refractivity contribution in [1.29, 1.82) is 0 Å². The minimum atomic E-state index is -3.21. The van der Waals surface area contributed by atoms with Gasteiger partial charge in [-0.05, 0) is 55.4 Å². The fraction of sp³-hybridized carbons (Fsp3) is 0.333. The molecule has 6 nitrogen and oxygen atoms in total. The number of ether oxygens (including phenoxy) is 1. The topological polar surface area (TPSA) is 78.9 Å². The zero-order valence-corrected chi connectivity index (χ0v) is 22.9. The molecule has 38 heavy (non-hydrogen) atoms. The van der Waals surface area contributed by atoms with Crippen LogP contribution in [-0.2, 0) is 21.7 Å². The van der Waals surface area contributed by atoms with Gasteiger partial charge in [0.2, 0.25) is 8.41 Å². The Bertz CT molecular complexity index is 1330. The molecule has 0 unspecified atom stereocenters. The highest BCUT2D eigenvalue weighted by atomic mass is 28.4. The SMILES string of the molecule is C[C@@H]1[C@@H]([Si](C)(C)F)[C@H](CCO)O[C@@]12C(=O)N(Cc1ccc(NC(=O)c3ccccc3)cc1)c1ccccc12. The quantitative estimate of drug-likeness (QED) is 0.305. The van der Waals surface area contributed by atoms with E-state index in [9.17, 15) is 14.7 Å². The second kappa shape index (κ2) is 10.1. The maximum absolute atomic E-state index is 15.6. The predicted molar refractivity (Wildman–Crippen MR) is 148 cm³/mol. The summed E-state index contributed by atoms with van der Waals surface area (Å²) in [5.74, 6) is -0.765. The normalized spacial score (nSPS) is 24.6. The zero-order valence-electron chi connectivity index (χ0n) is 21.9. The monoisotopic (exact) mass is 532 g/mol. The van der Waals surface area contributed by atoms with E-state index in [1.165, 1.54) is 0 Å². The number of nitrogens with one attached hydrogen (secondary N) is 1. The van der Waals surface area contributed by atoms with Crippen LogP contribution < -0.4 is 10.2 Å². The van der Waals surface area contributed by atoms with Crippen LogP contribution in [0.25, 0.3) is 0 Å². The first kappa shape index (κ1) is 26.3. The van der Waals surface area contributed by atoms with E-state index < -0.39 is 25.7 Å². The van der Waals surface area contributed by atoms with E-state index in [4.69, 9.17) is 4.74 Å². The lowest BCUT2D eigenvalue weighted by molar-refractivity contribution is -0.146. The maximum atomic E-state index is 15.6. The van der Waals surface area contributed by atoms with Gasteiger partial charge in [-0.1, -0.05) is 55.5 Å². The Morgan fingerprint density at radius 2 is 1.71 bits per heavy atom. The maximum Gasteiger partial charge on any atom is 0.264 e. The van der Waals surface area contributed by atoms with Crippen molar-refractivity contribution in [2.45, 2.75) is 50.2 Å². The third-order valence-electron chi connectivity index (χ3n) is 7.87. The molecule has 0 aromatic heterocycles. The van der Waals surface area contributed by atoms with Crippen LogP contribution in [-0.4, -0.2) is 38.0 Å². The largest absolute Gasteiger partial charge is 0.396 e. The minimum Gasteiger partial charge on any atom is -0.396 e. The summed E-state index contributed by atoms with van der Waals surface area (Å²) < 4.78 is 22.1. The first-order valence-corrected chi connectivity index (χ1v) is 16.0. The Morgan fingerprint density at radius 1 is 1.05 bits per heavy atom. The fourth-order valence-corrected chi connectivity index (χ4v) is 8.77. The first-order valence-electron chi connectivity index (χ1n) is 13.0. The third-order valence-corrected chi connectivity index (χ3v) is 10.3. The van der Waals surface area contributed by atoms with Gasteiger partial charge in [0.1, 0.15) is 0 Å². The van der Waals surface area contributed by atoms with Gasteiger partial charge in [0.05, 0.1) is 18.3 Å². The van der Waals surface area contributed by atoms with E-state index in [0.29, 0.717) is 24.2 Å². The lowest BCUT2D eigenvalue weighted by Gasteiger charge is -2.31. The van der Waals surface area contributed by atoms with Crippen LogP contribution >= 0.6 is 0 Å². The second-order valence-electron chi connectivity index (χ2n) is 10.7. The van der Waals surface area contributed by atoms with E-state index >= 15 is 4.11 Å². The highest BCUT2D eigenvalue weighted by Gasteiger charge is 2.66. The van der Waals surface area contributed by atoms with Gasteiger partial charge in [0.25, 0.3) is 11.8 Å². The summed E-state index contributed by atoms with van der Waals surface area (Å²) in [6.07, 6.45) is -0.228. The van der Waals surface area contributed by atoms with Gasteiger partial charge in [-0.3, -0.25) is 9.59 Å². The number of carbonyl (C=O) groups is 2. The molecule has 2 heterocycles. The summed E-state index contributed by atoms with van der Waals surface area (Å²) in [7, 11) is -3.21. The number of anilines is 2. The van der Waals surface area contributed by atoms with Crippen molar-refractivity contribution in [3.8, 4) is 0 Å². The van der Waals surface area contributed by atoms with E-state index in [1.807, 2.05) is 73.7 Å². The van der Waals surface area contributed by atoms with Crippen LogP contribution in [0.5, 0.6) is 0 Å². The molecule has 2 N–H and O–H groups in total. The van der Waals surface area contributed by atoms with Crippen molar-refractivity contribution in [2.75, 3.05) is 16.8 Å². The summed E-state index contributed by atoms with van der Waals surface area (Å²) in [5.41, 5.74) is 1.94. The number of fused-ring (bicyclic) bond motifs is 2. The number of para-hydroxylation sites is 1. The predicted octanol–water partition coefficient (Wildman–Crippen LogP) is 5.64. The molecular formula is C30H33FN2O4Si. The van der Waals surface area contributed by atoms with E-state index in [2.05, 4.69) is 5.32 Å². The molecule has 198 valence electrons. The summed E-state index contributed by atoms with van der Waals surface area (Å²) in [6, 6.07) is 24.0. The van der Waals surface area contributed by atoms with Crippen molar-refractivity contribution in [3.05, 3.63) is 95.6 Å². The molecule has 4 atom stereocenters. The van der Waals surface area contributed by atoms with Gasteiger partial charge in [0, 0.05) is 34.9 Å². The second-order valence-corrected chi connectivity index (χ2v) is 14.5. The zero-order chi connectivity index (χ0) is 27.1. The summed E-state index contributed by atoms with van der Waals surface area (Å²) in [4.78, 5) is 28.4. The van der Waals surface area contributed by atoms with Crippen LogP contribution in [0, 0.1) is 5.92 Å². The molecule has 1 fully saturated rings. The molecular weight excluding hydrogens is 499 g/mol. The molecule has 2 amide bonds. The van der Waals surface area contributed by atoms with Gasteiger partial charge < -0.3 is 24.2 Å². The number of halogens is 1. The Balaban J connectivity index is 1.41. The number of aliphatic hydroxyl groups is 1. The van der Waals surface area contributed by atoms with Crippen LogP contribution in [0.3, 0.4) is 0 Å². The van der Waals surface area contributed by atoms with E-state index in [1.54, 1.807) is 30.1 Å². The van der Waals surface area contributed by atoms with Gasteiger partial charge in [-0.15, -0.1) is 0 Å². The van der Waals surface area contributed by atoms with Crippen LogP contribution in [0.1, 0.15) is 34.8 Å². The molecule has 2 aliphatic rings. The van der Waals surface area contributed by atoms with Crippen molar-refractivity contribution in [2.24, 2.45) is 5.92 Å². The van der Waals surface area contributed by atoms with Crippen LogP contribution in [0.15, 0.2) is 78.9 Å². The summed E-state index contributed by atoms with van der Waals surface area (Å²) >= 11 is 0. The minimum absolute atomic E-state index is 0.124. The molecule has 0 radical (unpaired) electrons. The Labute approximate surface area is 223 Å². The van der Waals surface area contributed by atoms with Gasteiger partial charge in [0.15, 0.2) is 5.60 Å². The molecule has 1 spiro atoms. The standard InChI is InChI=1S/C30H33FN2O4Si/c1-20-27(38(2,3)31)26(17-18-34)37-30(20)24-11-7-8-12-25(24)33(29(30)36)19-21-13-15-23(16-14-21)32-28(35)22-9-5-4-6-10-22/h4-16,20,26-27,34H,17-19H2,1-3H3,(H,32,35)/t20-,26+,27-,30+/m1/s1. The average Bonchev–Trinajstić information content (AvgIpc) is 3.33. The molecule has 0 bridgehead atoms. The molecule has 3 aromatic carbocycles. The first-order chi connectivity index (χ1) is 18.2. The van der Waals surface area contributed by atoms with E-state index in [-0.39, 0.29) is 24.3 Å². The number of amides is 2. The number of hydrogen-bond donors (Lipinski definition) is 2. The third kappa shape index (κ3) is 4.46. The van der Waals surface area contributed by atoms with Crippen LogP contribution in [0.2, 0.25) is 18.6 Å². The van der Waals surface area contributed by atoms with Crippen molar-refractivity contribution in [3.63, 3.8) is 0 Å². The summed E-state index contributed by atoms with van der Waals surface area (Å²) in [6.45, 7) is 5.41. The molecule has 1 saturated heterocycles. The van der Waals surface area contributed by atoms with Crippen molar-refractivity contribution >= 4 is 31.6 Å². The fourth-order valence-electron chi connectivity index (χ4n) is 6.22. The summed E-state index contributed by atoms with van der Waals surface area (Å²) in [5, 5.41) is 12.6. The van der Waals surface area contributed by atoms with E-state index in [0.717, 1.165) is 16.8 Å². The number of rotatable bonds is 7. The number of benzene rings is 3.